The normalized spacial score (nSPS) is 20.1. The van der Waals surface area contributed by atoms with Gasteiger partial charge in [-0.25, -0.2) is 0 Å². The summed E-state index contributed by atoms with van der Waals surface area (Å²) in [5.74, 6) is 1.72. The number of rotatable bonds is 6. The summed E-state index contributed by atoms with van der Waals surface area (Å²) in [5.41, 5.74) is 1.54. The molecule has 0 aromatic heterocycles. The summed E-state index contributed by atoms with van der Waals surface area (Å²) >= 11 is 0. The zero-order chi connectivity index (χ0) is 14.0. The highest BCUT2D eigenvalue weighted by molar-refractivity contribution is 5.52. The van der Waals surface area contributed by atoms with Crippen LogP contribution in [-0.4, -0.2) is 25.9 Å². The van der Waals surface area contributed by atoms with E-state index in [2.05, 4.69) is 19.2 Å². The van der Waals surface area contributed by atoms with Gasteiger partial charge in [-0.15, -0.1) is 0 Å². The average Bonchev–Trinajstić information content (AvgIpc) is 2.98. The van der Waals surface area contributed by atoms with Crippen LogP contribution in [-0.2, 0) is 6.54 Å². The minimum Gasteiger partial charge on any atom is -0.502 e. The van der Waals surface area contributed by atoms with Crippen LogP contribution in [0.5, 0.6) is 17.2 Å². The fraction of sp³-hybridized carbons (Fsp3) is 0.600. The van der Waals surface area contributed by atoms with Gasteiger partial charge in [0.15, 0.2) is 11.5 Å². The molecule has 4 nitrogen and oxygen atoms in total. The Balaban J connectivity index is 1.96. The molecular formula is C15H23NO3. The van der Waals surface area contributed by atoms with Crippen molar-refractivity contribution in [3.8, 4) is 17.2 Å². The molecule has 1 aromatic carbocycles. The van der Waals surface area contributed by atoms with E-state index >= 15 is 0 Å². The number of methoxy groups -OCH3 is 2. The smallest absolute Gasteiger partial charge is 0.200 e. The molecule has 2 rings (SSSR count). The van der Waals surface area contributed by atoms with Gasteiger partial charge in [-0.1, -0.05) is 13.8 Å². The summed E-state index contributed by atoms with van der Waals surface area (Å²) < 4.78 is 10.3. The van der Waals surface area contributed by atoms with Crippen molar-refractivity contribution < 1.29 is 14.6 Å². The molecule has 1 aliphatic carbocycles. The maximum Gasteiger partial charge on any atom is 0.200 e. The van der Waals surface area contributed by atoms with Gasteiger partial charge in [0.1, 0.15) is 0 Å². The van der Waals surface area contributed by atoms with Gasteiger partial charge in [-0.05, 0) is 42.0 Å². The Bertz CT molecular complexity index is 432. The van der Waals surface area contributed by atoms with E-state index in [1.54, 1.807) is 14.2 Å². The molecule has 0 radical (unpaired) electrons. The van der Waals surface area contributed by atoms with Gasteiger partial charge in [0.2, 0.25) is 5.75 Å². The van der Waals surface area contributed by atoms with Crippen molar-refractivity contribution in [3.63, 3.8) is 0 Å². The zero-order valence-corrected chi connectivity index (χ0v) is 12.1. The topological polar surface area (TPSA) is 50.7 Å². The van der Waals surface area contributed by atoms with Crippen LogP contribution in [0.25, 0.3) is 0 Å². The zero-order valence-electron chi connectivity index (χ0n) is 12.1. The minimum absolute atomic E-state index is 0.0528. The van der Waals surface area contributed by atoms with Gasteiger partial charge in [0.25, 0.3) is 0 Å². The molecule has 0 heterocycles. The van der Waals surface area contributed by atoms with Gasteiger partial charge in [0.05, 0.1) is 14.2 Å². The summed E-state index contributed by atoms with van der Waals surface area (Å²) in [6.45, 7) is 6.37. The molecule has 1 saturated carbocycles. The maximum absolute atomic E-state index is 9.84. The fourth-order valence-electron chi connectivity index (χ4n) is 2.37. The number of phenols is 1. The Morgan fingerprint density at radius 1 is 1.26 bits per heavy atom. The third-order valence-corrected chi connectivity index (χ3v) is 3.98. The first kappa shape index (κ1) is 14.0. The predicted molar refractivity (Wildman–Crippen MR) is 74.8 cm³/mol. The van der Waals surface area contributed by atoms with Crippen LogP contribution in [0.2, 0.25) is 0 Å². The quantitative estimate of drug-likeness (QED) is 0.830. The molecule has 4 heteroatoms. The van der Waals surface area contributed by atoms with Crippen molar-refractivity contribution in [3.05, 3.63) is 17.7 Å². The van der Waals surface area contributed by atoms with Gasteiger partial charge < -0.3 is 19.9 Å². The first-order chi connectivity index (χ1) is 8.97. The van der Waals surface area contributed by atoms with E-state index in [4.69, 9.17) is 9.47 Å². The molecule has 19 heavy (non-hydrogen) atoms. The summed E-state index contributed by atoms with van der Waals surface area (Å²) in [4.78, 5) is 0. The molecular weight excluding hydrogens is 242 g/mol. The lowest BCUT2D eigenvalue weighted by Gasteiger charge is -2.12. The molecule has 0 bridgehead atoms. The first-order valence-electron chi connectivity index (χ1n) is 6.62. The van der Waals surface area contributed by atoms with E-state index in [0.717, 1.165) is 24.6 Å². The van der Waals surface area contributed by atoms with Gasteiger partial charge in [-0.2, -0.15) is 0 Å². The summed E-state index contributed by atoms with van der Waals surface area (Å²) in [5, 5.41) is 13.3. The van der Waals surface area contributed by atoms with Crippen LogP contribution in [0.15, 0.2) is 12.1 Å². The largest absolute Gasteiger partial charge is 0.502 e. The molecule has 0 amide bonds. The van der Waals surface area contributed by atoms with E-state index < -0.39 is 0 Å². The molecule has 1 atom stereocenters. The van der Waals surface area contributed by atoms with Crippen LogP contribution in [0.3, 0.4) is 0 Å². The van der Waals surface area contributed by atoms with Crippen LogP contribution in [0.1, 0.15) is 25.8 Å². The summed E-state index contributed by atoms with van der Waals surface area (Å²) in [6, 6.07) is 3.67. The van der Waals surface area contributed by atoms with Crippen molar-refractivity contribution >= 4 is 0 Å². The second kappa shape index (κ2) is 5.29. The minimum atomic E-state index is 0.0528. The molecule has 1 fully saturated rings. The van der Waals surface area contributed by atoms with Crippen LogP contribution in [0.4, 0.5) is 0 Å². The van der Waals surface area contributed by atoms with Gasteiger partial charge >= 0.3 is 0 Å². The number of benzene rings is 1. The molecule has 1 unspecified atom stereocenters. The molecule has 0 aliphatic heterocycles. The lowest BCUT2D eigenvalue weighted by Crippen LogP contribution is -2.18. The molecule has 2 N–H and O–H groups in total. The highest BCUT2D eigenvalue weighted by atomic mass is 16.5. The average molecular weight is 265 g/mol. The van der Waals surface area contributed by atoms with Crippen molar-refractivity contribution in [2.24, 2.45) is 11.3 Å². The van der Waals surface area contributed by atoms with Crippen molar-refractivity contribution in [1.82, 2.24) is 5.32 Å². The third kappa shape index (κ3) is 3.13. The first-order valence-corrected chi connectivity index (χ1v) is 6.62. The number of nitrogens with one attached hydrogen (secondary N) is 1. The van der Waals surface area contributed by atoms with Crippen molar-refractivity contribution in [2.75, 3.05) is 20.8 Å². The van der Waals surface area contributed by atoms with E-state index in [1.807, 2.05) is 12.1 Å². The predicted octanol–water partition coefficient (Wildman–Crippen LogP) is 2.55. The van der Waals surface area contributed by atoms with Gasteiger partial charge in [-0.3, -0.25) is 0 Å². The van der Waals surface area contributed by atoms with E-state index in [-0.39, 0.29) is 5.75 Å². The van der Waals surface area contributed by atoms with Crippen LogP contribution < -0.4 is 14.8 Å². The number of phenolic OH excluding ortho intramolecular Hbond substituents is 1. The lowest BCUT2D eigenvalue weighted by atomic mass is 10.1. The number of hydrogen-bond acceptors (Lipinski definition) is 4. The number of hydrogen-bond donors (Lipinski definition) is 2. The van der Waals surface area contributed by atoms with E-state index in [0.29, 0.717) is 16.9 Å². The second-order valence-corrected chi connectivity index (χ2v) is 5.87. The molecule has 1 aliphatic rings. The number of ether oxygens (including phenoxy) is 2. The Hall–Kier alpha value is -1.42. The monoisotopic (exact) mass is 265 g/mol. The second-order valence-electron chi connectivity index (χ2n) is 5.87. The molecule has 1 aromatic rings. The molecule has 0 spiro atoms. The van der Waals surface area contributed by atoms with Crippen molar-refractivity contribution in [2.45, 2.75) is 26.8 Å². The van der Waals surface area contributed by atoms with Crippen molar-refractivity contribution in [1.29, 1.82) is 0 Å². The molecule has 106 valence electrons. The Kier molecular flexibility index (Phi) is 3.90. The van der Waals surface area contributed by atoms with E-state index in [1.165, 1.54) is 6.42 Å². The Morgan fingerprint density at radius 2 is 1.79 bits per heavy atom. The standard InChI is InChI=1S/C15H23NO3/c1-15(2)7-11(15)9-16-8-10-5-12(18-3)14(17)13(6-10)19-4/h5-6,11,16-17H,7-9H2,1-4H3. The highest BCUT2D eigenvalue weighted by Crippen LogP contribution is 2.51. The lowest BCUT2D eigenvalue weighted by molar-refractivity contribution is 0.339. The maximum atomic E-state index is 9.84. The Morgan fingerprint density at radius 3 is 2.21 bits per heavy atom. The third-order valence-electron chi connectivity index (χ3n) is 3.98. The van der Waals surface area contributed by atoms with E-state index in [9.17, 15) is 5.11 Å². The number of aromatic hydroxyl groups is 1. The SMILES string of the molecule is COc1cc(CNCC2CC2(C)C)cc(OC)c1O. The Labute approximate surface area is 114 Å². The van der Waals surface area contributed by atoms with Crippen LogP contribution >= 0.6 is 0 Å². The fourth-order valence-corrected chi connectivity index (χ4v) is 2.37. The highest BCUT2D eigenvalue weighted by Gasteiger charge is 2.44. The summed E-state index contributed by atoms with van der Waals surface area (Å²) in [7, 11) is 3.08. The summed E-state index contributed by atoms with van der Waals surface area (Å²) in [6.07, 6.45) is 1.29. The van der Waals surface area contributed by atoms with Crippen LogP contribution in [0, 0.1) is 11.3 Å². The molecule has 0 saturated heterocycles. The van der Waals surface area contributed by atoms with Gasteiger partial charge in [0, 0.05) is 6.54 Å².